The van der Waals surface area contributed by atoms with Crippen LogP contribution in [-0.2, 0) is 9.53 Å². The highest BCUT2D eigenvalue weighted by Gasteiger charge is 2.38. The number of fused-ring (bicyclic) bond motifs is 1. The number of nitrogens with one attached hydrogen (secondary N) is 1. The number of carbonyl (C=O) groups excluding carboxylic acids is 3. The van der Waals surface area contributed by atoms with E-state index in [1.165, 1.54) is 0 Å². The molecule has 1 unspecified atom stereocenters. The van der Waals surface area contributed by atoms with Crippen molar-refractivity contribution in [1.29, 1.82) is 0 Å². The summed E-state index contributed by atoms with van der Waals surface area (Å²) < 4.78 is 5.29. The molecule has 2 fully saturated rings. The van der Waals surface area contributed by atoms with Crippen LogP contribution >= 0.6 is 0 Å². The Hall–Kier alpha value is -1.79. The van der Waals surface area contributed by atoms with E-state index in [9.17, 15) is 14.4 Å². The summed E-state index contributed by atoms with van der Waals surface area (Å²) in [6.07, 6.45) is -0.170. The summed E-state index contributed by atoms with van der Waals surface area (Å²) in [5.74, 6) is -0.294. The normalized spacial score (nSPS) is 23.8. The third-order valence-electron chi connectivity index (χ3n) is 3.06. The molecule has 7 nitrogen and oxygen atoms in total. The molecule has 0 radical (unpaired) electrons. The van der Waals surface area contributed by atoms with Gasteiger partial charge in [0, 0.05) is 26.1 Å². The van der Waals surface area contributed by atoms with Crippen molar-refractivity contribution in [3.8, 4) is 0 Å². The molecule has 4 amide bonds. The first-order chi connectivity index (χ1) is 8.76. The molecule has 2 rings (SSSR count). The lowest BCUT2D eigenvalue weighted by molar-refractivity contribution is -0.123. The minimum atomic E-state index is -0.548. The molecule has 1 atom stereocenters. The Labute approximate surface area is 111 Å². The molecule has 19 heavy (non-hydrogen) atoms. The van der Waals surface area contributed by atoms with Crippen LogP contribution in [0.25, 0.3) is 0 Å². The number of amides is 4. The Bertz CT molecular complexity index is 416. The van der Waals surface area contributed by atoms with Gasteiger partial charge in [0.2, 0.25) is 5.91 Å². The van der Waals surface area contributed by atoms with Gasteiger partial charge in [-0.25, -0.2) is 9.59 Å². The molecule has 106 valence electrons. The predicted octanol–water partition coefficient (Wildman–Crippen LogP) is 0.548. The van der Waals surface area contributed by atoms with E-state index < -0.39 is 11.7 Å². The SMILES string of the molecule is CC(C)(C)OC(=O)N1CCN2C(=O)NC(=O)CC2C1. The van der Waals surface area contributed by atoms with Crippen LogP contribution in [0.5, 0.6) is 0 Å². The number of piperazine rings is 1. The summed E-state index contributed by atoms with van der Waals surface area (Å²) in [7, 11) is 0. The van der Waals surface area contributed by atoms with Gasteiger partial charge in [-0.1, -0.05) is 0 Å². The van der Waals surface area contributed by atoms with Crippen molar-refractivity contribution in [1.82, 2.24) is 15.1 Å². The lowest BCUT2D eigenvalue weighted by Gasteiger charge is -2.43. The van der Waals surface area contributed by atoms with Crippen molar-refractivity contribution in [2.45, 2.75) is 38.8 Å². The molecule has 0 bridgehead atoms. The van der Waals surface area contributed by atoms with Gasteiger partial charge in [0.15, 0.2) is 0 Å². The highest BCUT2D eigenvalue weighted by Crippen LogP contribution is 2.19. The van der Waals surface area contributed by atoms with Crippen molar-refractivity contribution in [2.75, 3.05) is 19.6 Å². The molecule has 0 spiro atoms. The summed E-state index contributed by atoms with van der Waals surface area (Å²) in [5, 5.41) is 2.27. The average Bonchev–Trinajstić information content (AvgIpc) is 2.25. The second-order valence-electron chi connectivity index (χ2n) is 5.83. The Morgan fingerprint density at radius 3 is 2.63 bits per heavy atom. The molecule has 0 saturated carbocycles. The zero-order valence-electron chi connectivity index (χ0n) is 11.4. The maximum atomic E-state index is 12.0. The third-order valence-corrected chi connectivity index (χ3v) is 3.06. The van der Waals surface area contributed by atoms with E-state index in [2.05, 4.69) is 5.32 Å². The Morgan fingerprint density at radius 1 is 1.32 bits per heavy atom. The van der Waals surface area contributed by atoms with Gasteiger partial charge in [-0.05, 0) is 20.8 Å². The monoisotopic (exact) mass is 269 g/mol. The van der Waals surface area contributed by atoms with Crippen LogP contribution < -0.4 is 5.32 Å². The molecular formula is C12H19N3O4. The van der Waals surface area contributed by atoms with E-state index in [1.54, 1.807) is 30.6 Å². The molecule has 7 heteroatoms. The second-order valence-corrected chi connectivity index (χ2v) is 5.83. The summed E-state index contributed by atoms with van der Waals surface area (Å²) >= 11 is 0. The molecule has 2 saturated heterocycles. The van der Waals surface area contributed by atoms with Gasteiger partial charge in [0.1, 0.15) is 5.60 Å². The molecular weight excluding hydrogens is 250 g/mol. The van der Waals surface area contributed by atoms with Crippen LogP contribution in [-0.4, -0.2) is 59.1 Å². The zero-order chi connectivity index (χ0) is 14.2. The Kier molecular flexibility index (Phi) is 3.38. The minimum absolute atomic E-state index is 0.227. The van der Waals surface area contributed by atoms with Gasteiger partial charge in [0.05, 0.1) is 6.04 Å². The van der Waals surface area contributed by atoms with E-state index in [1.807, 2.05) is 0 Å². The van der Waals surface area contributed by atoms with Crippen LogP contribution in [0.4, 0.5) is 9.59 Å². The molecule has 2 heterocycles. The number of carbonyl (C=O) groups is 3. The lowest BCUT2D eigenvalue weighted by Crippen LogP contribution is -2.63. The summed E-state index contributed by atoms with van der Waals surface area (Å²) in [6.45, 7) is 6.60. The van der Waals surface area contributed by atoms with Crippen LogP contribution in [0.1, 0.15) is 27.2 Å². The summed E-state index contributed by atoms with van der Waals surface area (Å²) in [5.41, 5.74) is -0.548. The standard InChI is InChI=1S/C12H19N3O4/c1-12(2,3)19-11(18)14-4-5-15-8(7-14)6-9(16)13-10(15)17/h8H,4-7H2,1-3H3,(H,13,16,17). The van der Waals surface area contributed by atoms with E-state index in [-0.39, 0.29) is 24.4 Å². The van der Waals surface area contributed by atoms with E-state index >= 15 is 0 Å². The first kappa shape index (κ1) is 13.6. The summed E-state index contributed by atoms with van der Waals surface area (Å²) in [4.78, 5) is 38.0. The first-order valence-electron chi connectivity index (χ1n) is 6.34. The number of hydrogen-bond acceptors (Lipinski definition) is 4. The van der Waals surface area contributed by atoms with Gasteiger partial charge in [0.25, 0.3) is 0 Å². The second kappa shape index (κ2) is 4.71. The number of rotatable bonds is 0. The number of imide groups is 1. The van der Waals surface area contributed by atoms with Gasteiger partial charge in [-0.15, -0.1) is 0 Å². The van der Waals surface area contributed by atoms with Crippen molar-refractivity contribution in [2.24, 2.45) is 0 Å². The molecule has 1 N–H and O–H groups in total. The van der Waals surface area contributed by atoms with Crippen molar-refractivity contribution >= 4 is 18.0 Å². The van der Waals surface area contributed by atoms with E-state index in [0.717, 1.165) is 0 Å². The van der Waals surface area contributed by atoms with Crippen molar-refractivity contribution in [3.63, 3.8) is 0 Å². The summed E-state index contributed by atoms with van der Waals surface area (Å²) in [6, 6.07) is -0.618. The molecule has 2 aliphatic heterocycles. The van der Waals surface area contributed by atoms with Gasteiger partial charge in [-0.3, -0.25) is 10.1 Å². The highest BCUT2D eigenvalue weighted by molar-refractivity contribution is 5.97. The number of hydrogen-bond donors (Lipinski definition) is 1. The first-order valence-corrected chi connectivity index (χ1v) is 6.34. The topological polar surface area (TPSA) is 79.0 Å². The minimum Gasteiger partial charge on any atom is -0.444 e. The van der Waals surface area contributed by atoms with Crippen LogP contribution in [0.3, 0.4) is 0 Å². The number of ether oxygens (including phenoxy) is 1. The Balaban J connectivity index is 1.99. The smallest absolute Gasteiger partial charge is 0.410 e. The molecule has 2 aliphatic rings. The highest BCUT2D eigenvalue weighted by atomic mass is 16.6. The fourth-order valence-electron chi connectivity index (χ4n) is 2.25. The lowest BCUT2D eigenvalue weighted by atomic mass is 10.1. The Morgan fingerprint density at radius 2 is 2.00 bits per heavy atom. The molecule has 0 aromatic carbocycles. The zero-order valence-corrected chi connectivity index (χ0v) is 11.4. The van der Waals surface area contributed by atoms with Gasteiger partial charge in [-0.2, -0.15) is 0 Å². The number of nitrogens with zero attached hydrogens (tertiary/aromatic N) is 2. The maximum Gasteiger partial charge on any atom is 0.410 e. The van der Waals surface area contributed by atoms with Crippen molar-refractivity contribution in [3.05, 3.63) is 0 Å². The van der Waals surface area contributed by atoms with Crippen LogP contribution in [0.15, 0.2) is 0 Å². The third kappa shape index (κ3) is 3.15. The predicted molar refractivity (Wildman–Crippen MR) is 66.5 cm³/mol. The molecule has 0 aromatic heterocycles. The van der Waals surface area contributed by atoms with Crippen LogP contribution in [0, 0.1) is 0 Å². The molecule has 0 aromatic rings. The molecule has 0 aliphatic carbocycles. The quantitative estimate of drug-likeness (QED) is 0.696. The fraction of sp³-hybridized carbons (Fsp3) is 0.750. The van der Waals surface area contributed by atoms with E-state index in [0.29, 0.717) is 19.6 Å². The van der Waals surface area contributed by atoms with Gasteiger partial charge >= 0.3 is 12.1 Å². The van der Waals surface area contributed by atoms with E-state index in [4.69, 9.17) is 4.74 Å². The average molecular weight is 269 g/mol. The van der Waals surface area contributed by atoms with Crippen LogP contribution in [0.2, 0.25) is 0 Å². The fourth-order valence-corrected chi connectivity index (χ4v) is 2.25. The maximum absolute atomic E-state index is 12.0. The number of urea groups is 1. The van der Waals surface area contributed by atoms with Gasteiger partial charge < -0.3 is 14.5 Å². The van der Waals surface area contributed by atoms with Crippen molar-refractivity contribution < 1.29 is 19.1 Å². The largest absolute Gasteiger partial charge is 0.444 e.